The molecule has 2 N–H and O–H groups in total. The Kier molecular flexibility index (Phi) is 7.48. The van der Waals surface area contributed by atoms with Gasteiger partial charge in [-0.1, -0.05) is 0 Å². The standard InChI is InChI=1S/C20H25N5O4/c1-2-29-20(27)15-3-5-16(6-4-15)24-18-14-22-17(13-23-18)19(26)21-7-8-25-9-11-28-12-10-25/h3-6,13-14H,2,7-12H2,1H3,(H,21,26)(H,23,24). The lowest BCUT2D eigenvalue weighted by Gasteiger charge is -2.26. The van der Waals surface area contributed by atoms with E-state index in [4.69, 9.17) is 9.47 Å². The Morgan fingerprint density at radius 2 is 1.90 bits per heavy atom. The summed E-state index contributed by atoms with van der Waals surface area (Å²) in [5.41, 5.74) is 1.48. The molecule has 9 heteroatoms. The van der Waals surface area contributed by atoms with E-state index in [1.165, 1.54) is 12.4 Å². The highest BCUT2D eigenvalue weighted by atomic mass is 16.5. The molecule has 1 amide bonds. The second kappa shape index (κ2) is 10.5. The lowest BCUT2D eigenvalue weighted by molar-refractivity contribution is 0.0383. The molecule has 29 heavy (non-hydrogen) atoms. The highest BCUT2D eigenvalue weighted by Gasteiger charge is 2.12. The lowest BCUT2D eigenvalue weighted by Crippen LogP contribution is -2.41. The second-order valence-electron chi connectivity index (χ2n) is 6.42. The van der Waals surface area contributed by atoms with Crippen molar-refractivity contribution < 1.29 is 19.1 Å². The van der Waals surface area contributed by atoms with Crippen LogP contribution in [0.3, 0.4) is 0 Å². The van der Waals surface area contributed by atoms with Crippen molar-refractivity contribution in [1.29, 1.82) is 0 Å². The van der Waals surface area contributed by atoms with Gasteiger partial charge in [0.25, 0.3) is 5.91 Å². The number of hydrogen-bond donors (Lipinski definition) is 2. The highest BCUT2D eigenvalue weighted by Crippen LogP contribution is 2.15. The quantitative estimate of drug-likeness (QED) is 0.643. The van der Waals surface area contributed by atoms with E-state index in [1.54, 1.807) is 31.2 Å². The van der Waals surface area contributed by atoms with E-state index in [0.29, 0.717) is 24.5 Å². The van der Waals surface area contributed by atoms with Crippen LogP contribution < -0.4 is 10.6 Å². The maximum absolute atomic E-state index is 12.2. The fourth-order valence-electron chi connectivity index (χ4n) is 2.80. The number of benzene rings is 1. The molecule has 9 nitrogen and oxygen atoms in total. The molecule has 0 aliphatic carbocycles. The average Bonchev–Trinajstić information content (AvgIpc) is 2.75. The van der Waals surface area contributed by atoms with Crippen LogP contribution in [0.25, 0.3) is 0 Å². The maximum atomic E-state index is 12.2. The third-order valence-electron chi connectivity index (χ3n) is 4.37. The third-order valence-corrected chi connectivity index (χ3v) is 4.37. The van der Waals surface area contributed by atoms with Crippen molar-refractivity contribution in [2.45, 2.75) is 6.92 Å². The maximum Gasteiger partial charge on any atom is 0.338 e. The van der Waals surface area contributed by atoms with Crippen LogP contribution in [0.15, 0.2) is 36.7 Å². The molecule has 1 saturated heterocycles. The molecule has 154 valence electrons. The van der Waals surface area contributed by atoms with E-state index >= 15 is 0 Å². The van der Waals surface area contributed by atoms with Gasteiger partial charge in [0.15, 0.2) is 0 Å². The first-order valence-corrected chi connectivity index (χ1v) is 9.60. The summed E-state index contributed by atoms with van der Waals surface area (Å²) in [5.74, 6) is -0.113. The zero-order valence-corrected chi connectivity index (χ0v) is 16.4. The van der Waals surface area contributed by atoms with Crippen molar-refractivity contribution in [1.82, 2.24) is 20.2 Å². The number of ether oxygens (including phenoxy) is 2. The predicted molar refractivity (Wildman–Crippen MR) is 107 cm³/mol. The number of rotatable bonds is 8. The van der Waals surface area contributed by atoms with Gasteiger partial charge in [0.1, 0.15) is 11.5 Å². The normalized spacial score (nSPS) is 14.2. The van der Waals surface area contributed by atoms with Crippen LogP contribution in [0, 0.1) is 0 Å². The van der Waals surface area contributed by atoms with Gasteiger partial charge in [-0.2, -0.15) is 0 Å². The van der Waals surface area contributed by atoms with Crippen LogP contribution in [0.1, 0.15) is 27.8 Å². The van der Waals surface area contributed by atoms with Crippen LogP contribution in [0.4, 0.5) is 11.5 Å². The van der Waals surface area contributed by atoms with Gasteiger partial charge in [-0.25, -0.2) is 14.8 Å². The summed E-state index contributed by atoms with van der Waals surface area (Å²) in [6.45, 7) is 6.67. The summed E-state index contributed by atoms with van der Waals surface area (Å²) in [6.07, 6.45) is 2.93. The summed E-state index contributed by atoms with van der Waals surface area (Å²) < 4.78 is 10.3. The molecule has 0 bridgehead atoms. The number of esters is 1. The van der Waals surface area contributed by atoms with Crippen LogP contribution in [0.2, 0.25) is 0 Å². The number of carbonyl (C=O) groups excluding carboxylic acids is 2. The number of carbonyl (C=O) groups is 2. The van der Waals surface area contributed by atoms with E-state index in [-0.39, 0.29) is 17.6 Å². The van der Waals surface area contributed by atoms with E-state index in [1.807, 2.05) is 0 Å². The Hall–Kier alpha value is -3.04. The number of morpholine rings is 1. The minimum absolute atomic E-state index is 0.254. The van der Waals surface area contributed by atoms with Crippen molar-refractivity contribution in [2.24, 2.45) is 0 Å². The molecule has 0 saturated carbocycles. The molecule has 1 aromatic heterocycles. The molecular formula is C20H25N5O4. The molecule has 0 spiro atoms. The second-order valence-corrected chi connectivity index (χ2v) is 6.42. The number of amides is 1. The Bertz CT molecular complexity index is 805. The molecule has 2 aromatic rings. The van der Waals surface area contributed by atoms with Crippen molar-refractivity contribution in [3.05, 3.63) is 47.9 Å². The van der Waals surface area contributed by atoms with Crippen molar-refractivity contribution >= 4 is 23.4 Å². The summed E-state index contributed by atoms with van der Waals surface area (Å²) in [4.78, 5) is 34.5. The Labute approximate surface area is 169 Å². The van der Waals surface area contributed by atoms with Gasteiger partial charge in [-0.3, -0.25) is 9.69 Å². The fraction of sp³-hybridized carbons (Fsp3) is 0.400. The summed E-state index contributed by atoms with van der Waals surface area (Å²) in [7, 11) is 0. The smallest absolute Gasteiger partial charge is 0.338 e. The number of aromatic nitrogens is 2. The predicted octanol–water partition coefficient (Wildman–Crippen LogP) is 1.46. The molecule has 1 aliphatic rings. The molecular weight excluding hydrogens is 374 g/mol. The third kappa shape index (κ3) is 6.23. The van der Waals surface area contributed by atoms with Gasteiger partial charge in [0.05, 0.1) is 37.8 Å². The number of anilines is 2. The number of nitrogens with one attached hydrogen (secondary N) is 2. The molecule has 1 aromatic carbocycles. The molecule has 3 rings (SSSR count). The summed E-state index contributed by atoms with van der Waals surface area (Å²) in [6, 6.07) is 6.84. The minimum Gasteiger partial charge on any atom is -0.462 e. The van der Waals surface area contributed by atoms with Crippen molar-refractivity contribution in [3.63, 3.8) is 0 Å². The van der Waals surface area contributed by atoms with Gasteiger partial charge in [-0.05, 0) is 31.2 Å². The van der Waals surface area contributed by atoms with Gasteiger partial charge in [0.2, 0.25) is 0 Å². The van der Waals surface area contributed by atoms with Crippen LogP contribution in [0.5, 0.6) is 0 Å². The molecule has 0 atom stereocenters. The first-order chi connectivity index (χ1) is 14.2. The zero-order valence-electron chi connectivity index (χ0n) is 16.4. The van der Waals surface area contributed by atoms with E-state index in [2.05, 4.69) is 25.5 Å². The lowest BCUT2D eigenvalue weighted by atomic mass is 10.2. The Balaban J connectivity index is 1.47. The van der Waals surface area contributed by atoms with Gasteiger partial charge >= 0.3 is 5.97 Å². The SMILES string of the molecule is CCOC(=O)c1ccc(Nc2cnc(C(=O)NCCN3CCOCC3)cn2)cc1. The molecule has 0 unspecified atom stereocenters. The van der Waals surface area contributed by atoms with Crippen LogP contribution in [-0.2, 0) is 9.47 Å². The first-order valence-electron chi connectivity index (χ1n) is 9.60. The Morgan fingerprint density at radius 1 is 1.14 bits per heavy atom. The molecule has 0 radical (unpaired) electrons. The van der Waals surface area contributed by atoms with Gasteiger partial charge in [-0.15, -0.1) is 0 Å². The van der Waals surface area contributed by atoms with Crippen LogP contribution >= 0.6 is 0 Å². The highest BCUT2D eigenvalue weighted by molar-refractivity contribution is 5.92. The van der Waals surface area contributed by atoms with Crippen molar-refractivity contribution in [2.75, 3.05) is 51.3 Å². The van der Waals surface area contributed by atoms with Crippen LogP contribution in [-0.4, -0.2) is 72.7 Å². The fourth-order valence-corrected chi connectivity index (χ4v) is 2.80. The molecule has 1 aliphatic heterocycles. The first kappa shape index (κ1) is 20.7. The molecule has 2 heterocycles. The largest absolute Gasteiger partial charge is 0.462 e. The van der Waals surface area contributed by atoms with Gasteiger partial charge < -0.3 is 20.1 Å². The molecule has 1 fully saturated rings. The Morgan fingerprint density at radius 3 is 2.55 bits per heavy atom. The summed E-state index contributed by atoms with van der Waals surface area (Å²) in [5, 5.41) is 5.93. The summed E-state index contributed by atoms with van der Waals surface area (Å²) >= 11 is 0. The average molecular weight is 399 g/mol. The number of nitrogens with zero attached hydrogens (tertiary/aromatic N) is 3. The van der Waals surface area contributed by atoms with E-state index < -0.39 is 0 Å². The van der Waals surface area contributed by atoms with E-state index in [9.17, 15) is 9.59 Å². The monoisotopic (exact) mass is 399 g/mol. The zero-order chi connectivity index (χ0) is 20.5. The minimum atomic E-state index is -0.358. The van der Waals surface area contributed by atoms with Crippen molar-refractivity contribution in [3.8, 4) is 0 Å². The topological polar surface area (TPSA) is 106 Å². The van der Waals surface area contributed by atoms with E-state index in [0.717, 1.165) is 38.5 Å². The van der Waals surface area contributed by atoms with Gasteiger partial charge in [0, 0.05) is 31.9 Å². The number of hydrogen-bond acceptors (Lipinski definition) is 8.